The number of halogens is 1. The zero-order chi connectivity index (χ0) is 19.3. The normalized spacial score (nSPS) is 15.7. The van der Waals surface area contributed by atoms with E-state index in [2.05, 4.69) is 46.9 Å². The Labute approximate surface area is 165 Å². The highest BCUT2D eigenvalue weighted by atomic mass is 35.5. The molecule has 2 heterocycles. The van der Waals surface area contributed by atoms with E-state index in [0.717, 1.165) is 43.8 Å². The topological polar surface area (TPSA) is 71.8 Å². The maximum absolute atomic E-state index is 12.6. The molecule has 146 valence electrons. The minimum atomic E-state index is -0.171. The number of hydrogen-bond donors (Lipinski definition) is 2. The number of benzene rings is 1. The summed E-state index contributed by atoms with van der Waals surface area (Å²) in [5.74, 6) is -0.171. The Morgan fingerprint density at radius 3 is 2.56 bits per heavy atom. The summed E-state index contributed by atoms with van der Waals surface area (Å²) in [6.45, 7) is 6.81. The van der Waals surface area contributed by atoms with E-state index in [9.17, 15) is 4.79 Å². The van der Waals surface area contributed by atoms with Gasteiger partial charge >= 0.3 is 0 Å². The van der Waals surface area contributed by atoms with Gasteiger partial charge in [-0.05, 0) is 56.5 Å². The predicted octanol–water partition coefficient (Wildman–Crippen LogP) is 3.34. The number of rotatable bonds is 7. The molecule has 0 spiro atoms. The highest BCUT2D eigenvalue weighted by Crippen LogP contribution is 2.32. The highest BCUT2D eigenvalue weighted by molar-refractivity contribution is 6.30. The third-order valence-corrected chi connectivity index (χ3v) is 6.08. The quantitative estimate of drug-likeness (QED) is 0.761. The van der Waals surface area contributed by atoms with Crippen molar-refractivity contribution in [3.63, 3.8) is 0 Å². The lowest BCUT2D eigenvalue weighted by atomic mass is 9.76. The lowest BCUT2D eigenvalue weighted by molar-refractivity contribution is 0.0936. The van der Waals surface area contributed by atoms with Gasteiger partial charge in [-0.3, -0.25) is 4.79 Å². The molecule has 2 aromatic rings. The van der Waals surface area contributed by atoms with Gasteiger partial charge in [0.1, 0.15) is 0 Å². The van der Waals surface area contributed by atoms with Crippen molar-refractivity contribution in [2.45, 2.75) is 51.0 Å². The van der Waals surface area contributed by atoms with Crippen molar-refractivity contribution in [1.29, 1.82) is 0 Å². The van der Waals surface area contributed by atoms with Gasteiger partial charge in [-0.15, -0.1) is 5.10 Å². The molecule has 27 heavy (non-hydrogen) atoms. The van der Waals surface area contributed by atoms with E-state index in [1.165, 1.54) is 5.56 Å². The van der Waals surface area contributed by atoms with Crippen molar-refractivity contribution in [2.24, 2.45) is 0 Å². The van der Waals surface area contributed by atoms with Crippen LogP contribution in [0.15, 0.2) is 30.5 Å². The number of amides is 1. The van der Waals surface area contributed by atoms with E-state index in [0.29, 0.717) is 18.3 Å². The van der Waals surface area contributed by atoms with Crippen LogP contribution in [-0.4, -0.2) is 40.5 Å². The molecular weight excluding hydrogens is 362 g/mol. The minimum absolute atomic E-state index is 0.120. The second kappa shape index (κ2) is 8.85. The Morgan fingerprint density at radius 2 is 1.93 bits per heavy atom. The van der Waals surface area contributed by atoms with Gasteiger partial charge in [0.25, 0.3) is 5.91 Å². The molecule has 1 aliphatic rings. The maximum Gasteiger partial charge on any atom is 0.273 e. The zero-order valence-corrected chi connectivity index (χ0v) is 16.8. The van der Waals surface area contributed by atoms with E-state index in [1.807, 2.05) is 16.8 Å². The molecular formula is C20H28ClN5O. The Morgan fingerprint density at radius 1 is 1.26 bits per heavy atom. The van der Waals surface area contributed by atoms with Gasteiger partial charge in [-0.1, -0.05) is 42.8 Å². The average Bonchev–Trinajstić information content (AvgIpc) is 3.21. The molecule has 1 amide bonds. The summed E-state index contributed by atoms with van der Waals surface area (Å²) in [5.41, 5.74) is 1.45. The van der Waals surface area contributed by atoms with Crippen molar-refractivity contribution >= 4 is 17.5 Å². The SMILES string of the molecule is CCC(CC)(CNC(=O)c1cn(C2CCNCC2)nn1)c1ccc(Cl)cc1. The predicted molar refractivity (Wildman–Crippen MR) is 107 cm³/mol. The van der Waals surface area contributed by atoms with E-state index in [4.69, 9.17) is 11.6 Å². The summed E-state index contributed by atoms with van der Waals surface area (Å²) in [6, 6.07) is 8.23. The van der Waals surface area contributed by atoms with E-state index in [-0.39, 0.29) is 11.3 Å². The van der Waals surface area contributed by atoms with Gasteiger partial charge in [0.2, 0.25) is 0 Å². The van der Waals surface area contributed by atoms with E-state index >= 15 is 0 Å². The molecule has 0 aliphatic carbocycles. The first-order valence-electron chi connectivity index (χ1n) is 9.75. The van der Waals surface area contributed by atoms with Crippen LogP contribution in [0.1, 0.15) is 61.6 Å². The molecule has 6 nitrogen and oxygen atoms in total. The zero-order valence-electron chi connectivity index (χ0n) is 16.0. The molecule has 0 saturated carbocycles. The maximum atomic E-state index is 12.6. The standard InChI is InChI=1S/C20H28ClN5O/c1-3-20(4-2,15-5-7-16(21)8-6-15)14-23-19(27)18-13-26(25-24-18)17-9-11-22-12-10-17/h5-8,13,17,22H,3-4,9-12,14H2,1-2H3,(H,23,27). The number of piperidine rings is 1. The van der Waals surface area contributed by atoms with Crippen molar-refractivity contribution in [3.8, 4) is 0 Å². The van der Waals surface area contributed by atoms with Gasteiger partial charge in [0.15, 0.2) is 5.69 Å². The number of nitrogens with zero attached hydrogens (tertiary/aromatic N) is 3. The van der Waals surface area contributed by atoms with Gasteiger partial charge in [-0.2, -0.15) is 0 Å². The molecule has 1 aromatic heterocycles. The number of nitrogens with one attached hydrogen (secondary N) is 2. The Bertz CT molecular complexity index is 748. The number of carbonyl (C=O) groups excluding carboxylic acids is 1. The van der Waals surface area contributed by atoms with Crippen LogP contribution in [0.25, 0.3) is 0 Å². The third-order valence-electron chi connectivity index (χ3n) is 5.82. The fourth-order valence-electron chi connectivity index (χ4n) is 3.78. The molecule has 1 saturated heterocycles. The summed E-state index contributed by atoms with van der Waals surface area (Å²) in [7, 11) is 0. The van der Waals surface area contributed by atoms with Gasteiger partial charge in [-0.25, -0.2) is 4.68 Å². The molecule has 0 bridgehead atoms. The molecule has 1 fully saturated rings. The lowest BCUT2D eigenvalue weighted by Crippen LogP contribution is -2.40. The Balaban J connectivity index is 1.67. The van der Waals surface area contributed by atoms with Crippen molar-refractivity contribution < 1.29 is 4.79 Å². The lowest BCUT2D eigenvalue weighted by Gasteiger charge is -2.32. The summed E-state index contributed by atoms with van der Waals surface area (Å²) in [4.78, 5) is 12.6. The molecule has 3 rings (SSSR count). The van der Waals surface area contributed by atoms with Crippen molar-refractivity contribution in [3.05, 3.63) is 46.7 Å². The third kappa shape index (κ3) is 4.50. The van der Waals surface area contributed by atoms with Crippen LogP contribution in [0, 0.1) is 0 Å². The number of carbonyl (C=O) groups is 1. The van der Waals surface area contributed by atoms with E-state index < -0.39 is 0 Å². The first kappa shape index (κ1) is 19.8. The smallest absolute Gasteiger partial charge is 0.273 e. The molecule has 1 aromatic carbocycles. The highest BCUT2D eigenvalue weighted by Gasteiger charge is 2.29. The summed E-state index contributed by atoms with van der Waals surface area (Å²) < 4.78 is 1.84. The Hall–Kier alpha value is -1.92. The second-order valence-electron chi connectivity index (χ2n) is 7.24. The van der Waals surface area contributed by atoms with Crippen LogP contribution in [0.3, 0.4) is 0 Å². The number of aromatic nitrogens is 3. The molecule has 0 radical (unpaired) electrons. The number of hydrogen-bond acceptors (Lipinski definition) is 4. The van der Waals surface area contributed by atoms with Crippen LogP contribution >= 0.6 is 11.6 Å². The molecule has 0 unspecified atom stereocenters. The largest absolute Gasteiger partial charge is 0.350 e. The first-order chi connectivity index (χ1) is 13.1. The monoisotopic (exact) mass is 389 g/mol. The fraction of sp³-hybridized carbons (Fsp3) is 0.550. The Kier molecular flexibility index (Phi) is 6.50. The van der Waals surface area contributed by atoms with E-state index in [1.54, 1.807) is 6.20 Å². The van der Waals surface area contributed by atoms with Gasteiger partial charge < -0.3 is 10.6 Å². The molecule has 0 atom stereocenters. The first-order valence-corrected chi connectivity index (χ1v) is 10.1. The summed E-state index contributed by atoms with van der Waals surface area (Å²) in [5, 5.41) is 15.4. The van der Waals surface area contributed by atoms with Gasteiger partial charge in [0.05, 0.1) is 12.2 Å². The van der Waals surface area contributed by atoms with Gasteiger partial charge in [0, 0.05) is 17.0 Å². The molecule has 1 aliphatic heterocycles. The van der Waals surface area contributed by atoms with Crippen LogP contribution in [-0.2, 0) is 5.41 Å². The second-order valence-corrected chi connectivity index (χ2v) is 7.68. The van der Waals surface area contributed by atoms with Crippen molar-refractivity contribution in [2.75, 3.05) is 19.6 Å². The molecule has 7 heteroatoms. The summed E-state index contributed by atoms with van der Waals surface area (Å²) >= 11 is 6.03. The van der Waals surface area contributed by atoms with Crippen LogP contribution in [0.4, 0.5) is 0 Å². The molecule has 2 N–H and O–H groups in total. The van der Waals surface area contributed by atoms with Crippen LogP contribution in [0.2, 0.25) is 5.02 Å². The minimum Gasteiger partial charge on any atom is -0.350 e. The van der Waals surface area contributed by atoms with Crippen LogP contribution in [0.5, 0.6) is 0 Å². The van der Waals surface area contributed by atoms with Crippen molar-refractivity contribution in [1.82, 2.24) is 25.6 Å². The fourth-order valence-corrected chi connectivity index (χ4v) is 3.91. The average molecular weight is 390 g/mol. The summed E-state index contributed by atoms with van der Waals surface area (Å²) in [6.07, 6.45) is 5.64. The van der Waals surface area contributed by atoms with Crippen LogP contribution < -0.4 is 10.6 Å².